The highest BCUT2D eigenvalue weighted by Crippen LogP contribution is 2.36. The molecule has 0 bridgehead atoms. The Bertz CT molecular complexity index is 846. The van der Waals surface area contributed by atoms with Gasteiger partial charge in [-0.1, -0.05) is 48.7 Å². The van der Waals surface area contributed by atoms with Crippen LogP contribution in [0.2, 0.25) is 5.02 Å². The lowest BCUT2D eigenvalue weighted by molar-refractivity contribution is 0.328. The summed E-state index contributed by atoms with van der Waals surface area (Å²) in [5.74, 6) is 0. The molecule has 25 heavy (non-hydrogen) atoms. The molecule has 1 heterocycles. The average Bonchev–Trinajstić information content (AvgIpc) is 2.84. The Morgan fingerprint density at radius 2 is 1.72 bits per heavy atom. The van der Waals surface area contributed by atoms with E-state index in [1.165, 1.54) is 0 Å². The molecular weight excluding hydrogens is 354 g/mol. The molecule has 0 unspecified atom stereocenters. The highest BCUT2D eigenvalue weighted by atomic mass is 35.5. The van der Waals surface area contributed by atoms with Crippen LogP contribution in [0.1, 0.15) is 48.4 Å². The maximum atomic E-state index is 13.5. The number of sulfonamides is 1. The molecule has 0 N–H and O–H groups in total. The minimum Gasteiger partial charge on any atom is -0.207 e. The standard InChI is InChI=1S/C20H24ClNO2S/c1-15-7-8-16(2)20(14-15)25(23,24)22-13-5-3-4-6-19(22)17-9-11-18(21)12-10-17/h7-12,14,19H,3-6,13H2,1-2H3/t19-/m0/s1. The molecule has 0 aromatic heterocycles. The molecular formula is C20H24ClNO2S. The Hall–Kier alpha value is -1.36. The lowest BCUT2D eigenvalue weighted by Gasteiger charge is -2.30. The van der Waals surface area contributed by atoms with Crippen molar-refractivity contribution in [3.63, 3.8) is 0 Å². The van der Waals surface area contributed by atoms with Crippen LogP contribution in [0, 0.1) is 13.8 Å². The van der Waals surface area contributed by atoms with Gasteiger partial charge in [-0.05, 0) is 61.6 Å². The molecule has 0 radical (unpaired) electrons. The predicted molar refractivity (Wildman–Crippen MR) is 102 cm³/mol. The Morgan fingerprint density at radius 3 is 2.44 bits per heavy atom. The van der Waals surface area contributed by atoms with Crippen molar-refractivity contribution in [3.05, 3.63) is 64.2 Å². The molecule has 0 spiro atoms. The zero-order valence-corrected chi connectivity index (χ0v) is 16.3. The highest BCUT2D eigenvalue weighted by Gasteiger charge is 2.34. The predicted octanol–water partition coefficient (Wildman–Crippen LogP) is 5.26. The molecule has 5 heteroatoms. The molecule has 3 nitrogen and oxygen atoms in total. The van der Waals surface area contributed by atoms with E-state index >= 15 is 0 Å². The van der Waals surface area contributed by atoms with E-state index in [1.54, 1.807) is 10.4 Å². The number of nitrogens with zero attached hydrogens (tertiary/aromatic N) is 1. The summed E-state index contributed by atoms with van der Waals surface area (Å²) in [6, 6.07) is 13.1. The third-order valence-corrected chi connectivity index (χ3v) is 7.19. The largest absolute Gasteiger partial charge is 0.243 e. The van der Waals surface area contributed by atoms with Gasteiger partial charge in [-0.15, -0.1) is 0 Å². The number of hydrogen-bond acceptors (Lipinski definition) is 2. The minimum absolute atomic E-state index is 0.135. The van der Waals surface area contributed by atoms with E-state index in [9.17, 15) is 8.42 Å². The lowest BCUT2D eigenvalue weighted by Crippen LogP contribution is -2.35. The fourth-order valence-electron chi connectivity index (χ4n) is 3.50. The van der Waals surface area contributed by atoms with Crippen molar-refractivity contribution in [2.75, 3.05) is 6.54 Å². The van der Waals surface area contributed by atoms with Gasteiger partial charge < -0.3 is 0 Å². The van der Waals surface area contributed by atoms with Gasteiger partial charge in [0.1, 0.15) is 0 Å². The van der Waals surface area contributed by atoms with Crippen molar-refractivity contribution in [2.24, 2.45) is 0 Å². The van der Waals surface area contributed by atoms with Crippen LogP contribution < -0.4 is 0 Å². The van der Waals surface area contributed by atoms with Crippen LogP contribution in [-0.2, 0) is 10.0 Å². The molecule has 2 aromatic carbocycles. The molecule has 134 valence electrons. The summed E-state index contributed by atoms with van der Waals surface area (Å²) in [6.07, 6.45) is 3.83. The van der Waals surface area contributed by atoms with Crippen LogP contribution in [0.4, 0.5) is 0 Å². The minimum atomic E-state index is -3.55. The number of halogens is 1. The second kappa shape index (κ2) is 7.48. The number of aryl methyl sites for hydroxylation is 2. The van der Waals surface area contributed by atoms with E-state index in [-0.39, 0.29) is 6.04 Å². The van der Waals surface area contributed by atoms with Gasteiger partial charge in [0.2, 0.25) is 10.0 Å². The summed E-state index contributed by atoms with van der Waals surface area (Å²) in [4.78, 5) is 0.424. The first-order valence-corrected chi connectivity index (χ1v) is 10.6. The number of rotatable bonds is 3. The quantitative estimate of drug-likeness (QED) is 0.731. The summed E-state index contributed by atoms with van der Waals surface area (Å²) >= 11 is 6.01. The SMILES string of the molecule is Cc1ccc(C)c(S(=O)(=O)N2CCCCC[C@H]2c2ccc(Cl)cc2)c1. The van der Waals surface area contributed by atoms with Gasteiger partial charge >= 0.3 is 0 Å². The van der Waals surface area contributed by atoms with Crippen molar-refractivity contribution in [2.45, 2.75) is 50.5 Å². The van der Waals surface area contributed by atoms with Crippen LogP contribution >= 0.6 is 11.6 Å². The van der Waals surface area contributed by atoms with Crippen LogP contribution in [0.3, 0.4) is 0 Å². The smallest absolute Gasteiger partial charge is 0.207 e. The van der Waals surface area contributed by atoms with Gasteiger partial charge in [-0.3, -0.25) is 0 Å². The maximum absolute atomic E-state index is 13.5. The molecule has 3 rings (SSSR count). The Labute approximate surface area is 155 Å². The summed E-state index contributed by atoms with van der Waals surface area (Å²) < 4.78 is 28.6. The van der Waals surface area contributed by atoms with Gasteiger partial charge in [0.15, 0.2) is 0 Å². The van der Waals surface area contributed by atoms with E-state index in [1.807, 2.05) is 50.2 Å². The van der Waals surface area contributed by atoms with Crippen molar-refractivity contribution in [1.82, 2.24) is 4.31 Å². The van der Waals surface area contributed by atoms with Gasteiger partial charge in [0.25, 0.3) is 0 Å². The van der Waals surface area contributed by atoms with Gasteiger partial charge in [0, 0.05) is 11.6 Å². The second-order valence-corrected chi connectivity index (χ2v) is 9.10. The van der Waals surface area contributed by atoms with E-state index < -0.39 is 10.0 Å². The maximum Gasteiger partial charge on any atom is 0.243 e. The van der Waals surface area contributed by atoms with Crippen LogP contribution in [0.25, 0.3) is 0 Å². The normalized spacial score (nSPS) is 19.6. The number of benzene rings is 2. The van der Waals surface area contributed by atoms with Crippen molar-refractivity contribution < 1.29 is 8.42 Å². The Kier molecular flexibility index (Phi) is 5.52. The summed E-state index contributed by atoms with van der Waals surface area (Å²) in [5.41, 5.74) is 2.77. The molecule has 0 aliphatic carbocycles. The molecule has 2 aromatic rings. The van der Waals surface area contributed by atoms with Crippen LogP contribution in [0.5, 0.6) is 0 Å². The number of hydrogen-bond donors (Lipinski definition) is 0. The third kappa shape index (κ3) is 3.91. The first kappa shape index (κ1) is 18.4. The van der Waals surface area contributed by atoms with E-state index in [0.29, 0.717) is 16.5 Å². The Morgan fingerprint density at radius 1 is 1.00 bits per heavy atom. The molecule has 1 fully saturated rings. The highest BCUT2D eigenvalue weighted by molar-refractivity contribution is 7.89. The lowest BCUT2D eigenvalue weighted by atomic mass is 10.0. The zero-order valence-electron chi connectivity index (χ0n) is 14.7. The van der Waals surface area contributed by atoms with E-state index in [4.69, 9.17) is 11.6 Å². The van der Waals surface area contributed by atoms with Gasteiger partial charge in [-0.2, -0.15) is 4.31 Å². The second-order valence-electron chi connectivity index (χ2n) is 6.80. The van der Waals surface area contributed by atoms with E-state index in [2.05, 4.69) is 0 Å². The average molecular weight is 378 g/mol. The summed E-state index contributed by atoms with van der Waals surface area (Å²) in [7, 11) is -3.55. The first-order valence-electron chi connectivity index (χ1n) is 8.74. The van der Waals surface area contributed by atoms with Crippen molar-refractivity contribution >= 4 is 21.6 Å². The Balaban J connectivity index is 2.06. The fraction of sp³-hybridized carbons (Fsp3) is 0.400. The van der Waals surface area contributed by atoms with Crippen LogP contribution in [0.15, 0.2) is 47.4 Å². The third-order valence-electron chi connectivity index (χ3n) is 4.89. The summed E-state index contributed by atoms with van der Waals surface area (Å²) in [6.45, 7) is 4.35. The monoisotopic (exact) mass is 377 g/mol. The molecule has 1 saturated heterocycles. The zero-order chi connectivity index (χ0) is 18.0. The van der Waals surface area contributed by atoms with Crippen LogP contribution in [-0.4, -0.2) is 19.3 Å². The first-order chi connectivity index (χ1) is 11.9. The topological polar surface area (TPSA) is 37.4 Å². The molecule has 0 saturated carbocycles. The van der Waals surface area contributed by atoms with Crippen molar-refractivity contribution in [3.8, 4) is 0 Å². The van der Waals surface area contributed by atoms with Crippen molar-refractivity contribution in [1.29, 1.82) is 0 Å². The summed E-state index contributed by atoms with van der Waals surface area (Å²) in [5, 5.41) is 0.668. The molecule has 0 amide bonds. The molecule has 1 aliphatic heterocycles. The van der Waals surface area contributed by atoms with Gasteiger partial charge in [0.05, 0.1) is 10.9 Å². The van der Waals surface area contributed by atoms with Gasteiger partial charge in [-0.25, -0.2) is 8.42 Å². The van der Waals surface area contributed by atoms with E-state index in [0.717, 1.165) is 42.4 Å². The fourth-order valence-corrected chi connectivity index (χ4v) is 5.62. The molecule has 1 atom stereocenters. The molecule has 1 aliphatic rings.